The maximum atomic E-state index is 11.6. The van der Waals surface area contributed by atoms with Crippen LogP contribution in [0.4, 0.5) is 0 Å². The molecule has 0 bridgehead atoms. The Morgan fingerprint density at radius 2 is 1.54 bits per heavy atom. The average Bonchev–Trinajstić information content (AvgIpc) is 2.57. The van der Waals surface area contributed by atoms with Gasteiger partial charge in [0, 0.05) is 5.57 Å². The summed E-state index contributed by atoms with van der Waals surface area (Å²) in [5, 5.41) is 0. The first kappa shape index (κ1) is 21.3. The number of carbonyl (C=O) groups excluding carboxylic acids is 1. The summed E-state index contributed by atoms with van der Waals surface area (Å²) in [4.78, 5) is 11.6. The molecule has 2 heteroatoms. The van der Waals surface area contributed by atoms with E-state index < -0.39 is 0 Å². The van der Waals surface area contributed by atoms with E-state index in [1.54, 1.807) is 6.92 Å². The standard InChI is InChI=1S/C22H40O2/c1-4-5-6-7-8-9-10-11-12-13-15-20-16-14-17-21(18-20)24-22(23)19(2)3/h20-21H,2,4-18H2,1,3H3. The average molecular weight is 337 g/mol. The highest BCUT2D eigenvalue weighted by Crippen LogP contribution is 2.30. The minimum absolute atomic E-state index is 0.135. The van der Waals surface area contributed by atoms with Gasteiger partial charge in [-0.2, -0.15) is 0 Å². The predicted molar refractivity (Wildman–Crippen MR) is 103 cm³/mol. The number of hydrogen-bond acceptors (Lipinski definition) is 2. The van der Waals surface area contributed by atoms with Crippen LogP contribution in [0.25, 0.3) is 0 Å². The lowest BCUT2D eigenvalue weighted by molar-refractivity contribution is -0.146. The lowest BCUT2D eigenvalue weighted by atomic mass is 9.83. The minimum atomic E-state index is -0.209. The number of ether oxygens (including phenoxy) is 1. The molecule has 0 aromatic rings. The van der Waals surface area contributed by atoms with Crippen molar-refractivity contribution in [1.82, 2.24) is 0 Å². The Hall–Kier alpha value is -0.790. The molecule has 2 atom stereocenters. The summed E-state index contributed by atoms with van der Waals surface area (Å²) in [5.74, 6) is 0.551. The van der Waals surface area contributed by atoms with Gasteiger partial charge in [0.05, 0.1) is 0 Å². The molecule has 0 aliphatic heterocycles. The van der Waals surface area contributed by atoms with Crippen molar-refractivity contribution in [1.29, 1.82) is 0 Å². The molecule has 0 spiro atoms. The summed E-state index contributed by atoms with van der Waals surface area (Å²) in [6.07, 6.45) is 20.1. The second-order valence-electron chi connectivity index (χ2n) is 7.81. The number of rotatable bonds is 13. The van der Waals surface area contributed by atoms with E-state index in [-0.39, 0.29) is 12.1 Å². The molecule has 0 saturated heterocycles. The molecule has 0 amide bonds. The minimum Gasteiger partial charge on any atom is -0.459 e. The van der Waals surface area contributed by atoms with Gasteiger partial charge in [0.1, 0.15) is 6.10 Å². The number of carbonyl (C=O) groups is 1. The number of hydrogen-bond donors (Lipinski definition) is 0. The van der Waals surface area contributed by atoms with Crippen LogP contribution in [-0.2, 0) is 9.53 Å². The highest BCUT2D eigenvalue weighted by molar-refractivity contribution is 5.87. The van der Waals surface area contributed by atoms with Gasteiger partial charge < -0.3 is 4.74 Å². The molecule has 0 aromatic heterocycles. The summed E-state index contributed by atoms with van der Waals surface area (Å²) < 4.78 is 5.54. The maximum absolute atomic E-state index is 11.6. The highest BCUT2D eigenvalue weighted by atomic mass is 16.5. The molecule has 0 N–H and O–H groups in total. The van der Waals surface area contributed by atoms with Gasteiger partial charge in [-0.25, -0.2) is 4.79 Å². The van der Waals surface area contributed by atoms with E-state index in [1.807, 2.05) is 0 Å². The molecule has 0 radical (unpaired) electrons. The molecule has 140 valence electrons. The summed E-state index contributed by atoms with van der Waals surface area (Å²) in [6, 6.07) is 0. The predicted octanol–water partition coefficient (Wildman–Crippen LogP) is 6.98. The van der Waals surface area contributed by atoms with E-state index in [0.717, 1.165) is 18.8 Å². The Morgan fingerprint density at radius 3 is 2.12 bits per heavy atom. The van der Waals surface area contributed by atoms with Crippen molar-refractivity contribution < 1.29 is 9.53 Å². The van der Waals surface area contributed by atoms with E-state index in [4.69, 9.17) is 4.74 Å². The van der Waals surface area contributed by atoms with Crippen LogP contribution in [0.2, 0.25) is 0 Å². The SMILES string of the molecule is C=C(C)C(=O)OC1CCCC(CCCCCCCCCCCC)C1. The second kappa shape index (κ2) is 13.5. The molecule has 1 fully saturated rings. The van der Waals surface area contributed by atoms with E-state index >= 15 is 0 Å². The third kappa shape index (κ3) is 10.2. The summed E-state index contributed by atoms with van der Waals surface area (Å²) in [5.41, 5.74) is 0.520. The second-order valence-corrected chi connectivity index (χ2v) is 7.81. The van der Waals surface area contributed by atoms with Crippen LogP contribution >= 0.6 is 0 Å². The fraction of sp³-hybridized carbons (Fsp3) is 0.864. The van der Waals surface area contributed by atoms with Crippen molar-refractivity contribution in [2.24, 2.45) is 5.92 Å². The molecular weight excluding hydrogens is 296 g/mol. The van der Waals surface area contributed by atoms with Crippen molar-refractivity contribution in [2.45, 2.75) is 116 Å². The Bertz CT molecular complexity index is 348. The Morgan fingerprint density at radius 1 is 0.958 bits per heavy atom. The van der Waals surface area contributed by atoms with Gasteiger partial charge >= 0.3 is 5.97 Å². The topological polar surface area (TPSA) is 26.3 Å². The van der Waals surface area contributed by atoms with Crippen molar-refractivity contribution in [2.75, 3.05) is 0 Å². The molecule has 1 aliphatic rings. The maximum Gasteiger partial charge on any atom is 0.333 e. The van der Waals surface area contributed by atoms with Gasteiger partial charge in [-0.05, 0) is 32.1 Å². The van der Waals surface area contributed by atoms with E-state index in [0.29, 0.717) is 5.57 Å². The van der Waals surface area contributed by atoms with Crippen LogP contribution in [0.5, 0.6) is 0 Å². The monoisotopic (exact) mass is 336 g/mol. The van der Waals surface area contributed by atoms with E-state index in [2.05, 4.69) is 13.5 Å². The molecule has 0 heterocycles. The third-order valence-corrected chi connectivity index (χ3v) is 5.32. The van der Waals surface area contributed by atoms with Gasteiger partial charge in [0.2, 0.25) is 0 Å². The highest BCUT2D eigenvalue weighted by Gasteiger charge is 2.24. The molecule has 0 aromatic carbocycles. The van der Waals surface area contributed by atoms with Crippen LogP contribution in [0.1, 0.15) is 110 Å². The van der Waals surface area contributed by atoms with Crippen molar-refractivity contribution >= 4 is 5.97 Å². The van der Waals surface area contributed by atoms with Crippen LogP contribution < -0.4 is 0 Å². The molecule has 1 saturated carbocycles. The Labute approximate surface area is 150 Å². The van der Waals surface area contributed by atoms with Gasteiger partial charge in [-0.1, -0.05) is 90.6 Å². The van der Waals surface area contributed by atoms with Crippen LogP contribution in [0, 0.1) is 5.92 Å². The first-order valence-electron chi connectivity index (χ1n) is 10.5. The quantitative estimate of drug-likeness (QED) is 0.206. The molecule has 1 rings (SSSR count). The van der Waals surface area contributed by atoms with E-state index in [9.17, 15) is 4.79 Å². The van der Waals surface area contributed by atoms with E-state index in [1.165, 1.54) is 83.5 Å². The first-order valence-corrected chi connectivity index (χ1v) is 10.5. The largest absolute Gasteiger partial charge is 0.459 e. The lowest BCUT2D eigenvalue weighted by Crippen LogP contribution is -2.25. The van der Waals surface area contributed by atoms with Crippen LogP contribution in [0.15, 0.2) is 12.2 Å². The molecule has 2 nitrogen and oxygen atoms in total. The normalized spacial score (nSPS) is 20.8. The van der Waals surface area contributed by atoms with Gasteiger partial charge in [0.25, 0.3) is 0 Å². The van der Waals surface area contributed by atoms with Crippen molar-refractivity contribution in [3.8, 4) is 0 Å². The molecule has 1 aliphatic carbocycles. The summed E-state index contributed by atoms with van der Waals surface area (Å²) in [7, 11) is 0. The lowest BCUT2D eigenvalue weighted by Gasteiger charge is -2.29. The molecule has 24 heavy (non-hydrogen) atoms. The number of esters is 1. The first-order chi connectivity index (χ1) is 11.6. The Balaban J connectivity index is 1.98. The fourth-order valence-corrected chi connectivity index (χ4v) is 3.78. The summed E-state index contributed by atoms with van der Waals surface area (Å²) in [6.45, 7) is 7.68. The van der Waals surface area contributed by atoms with Crippen LogP contribution in [-0.4, -0.2) is 12.1 Å². The zero-order valence-electron chi connectivity index (χ0n) is 16.3. The van der Waals surface area contributed by atoms with Crippen molar-refractivity contribution in [3.05, 3.63) is 12.2 Å². The Kier molecular flexibility index (Phi) is 12.0. The smallest absolute Gasteiger partial charge is 0.333 e. The third-order valence-electron chi connectivity index (χ3n) is 5.32. The zero-order chi connectivity index (χ0) is 17.6. The van der Waals surface area contributed by atoms with Gasteiger partial charge in [-0.15, -0.1) is 0 Å². The molecular formula is C22H40O2. The summed E-state index contributed by atoms with van der Waals surface area (Å²) >= 11 is 0. The number of unbranched alkanes of at least 4 members (excludes halogenated alkanes) is 9. The van der Waals surface area contributed by atoms with Gasteiger partial charge in [0.15, 0.2) is 0 Å². The van der Waals surface area contributed by atoms with Crippen LogP contribution in [0.3, 0.4) is 0 Å². The molecule has 2 unspecified atom stereocenters. The zero-order valence-corrected chi connectivity index (χ0v) is 16.3. The van der Waals surface area contributed by atoms with Crippen molar-refractivity contribution in [3.63, 3.8) is 0 Å². The fourth-order valence-electron chi connectivity index (χ4n) is 3.78. The van der Waals surface area contributed by atoms with Gasteiger partial charge in [-0.3, -0.25) is 0 Å².